The van der Waals surface area contributed by atoms with E-state index in [-0.39, 0.29) is 12.5 Å². The van der Waals surface area contributed by atoms with E-state index in [1.807, 2.05) is 6.92 Å². The van der Waals surface area contributed by atoms with Gasteiger partial charge in [-0.15, -0.1) is 0 Å². The van der Waals surface area contributed by atoms with Gasteiger partial charge in [-0.2, -0.15) is 0 Å². The molecule has 0 aromatic heterocycles. The van der Waals surface area contributed by atoms with E-state index in [0.717, 1.165) is 6.07 Å². The van der Waals surface area contributed by atoms with Gasteiger partial charge in [0.25, 0.3) is 5.91 Å². The van der Waals surface area contributed by atoms with E-state index >= 15 is 0 Å². The molecule has 4 nitrogen and oxygen atoms in total. The van der Waals surface area contributed by atoms with Crippen molar-refractivity contribution >= 4 is 17.5 Å². The van der Waals surface area contributed by atoms with Gasteiger partial charge >= 0.3 is 0 Å². The SMILES string of the molecule is CCCN(CC(=O)Nc1ccc(F)c(F)c1F)C(=O)c1ccccc1. The maximum absolute atomic E-state index is 13.6. The van der Waals surface area contributed by atoms with Gasteiger partial charge in [0.1, 0.15) is 6.54 Å². The molecule has 0 unspecified atom stereocenters. The largest absolute Gasteiger partial charge is 0.329 e. The Labute approximate surface area is 143 Å². The summed E-state index contributed by atoms with van der Waals surface area (Å²) >= 11 is 0. The minimum Gasteiger partial charge on any atom is -0.329 e. The summed E-state index contributed by atoms with van der Waals surface area (Å²) in [5.41, 5.74) is -0.0599. The number of carbonyl (C=O) groups excluding carboxylic acids is 2. The number of rotatable bonds is 6. The number of carbonyl (C=O) groups is 2. The van der Waals surface area contributed by atoms with Crippen LogP contribution >= 0.6 is 0 Å². The first-order valence-electron chi connectivity index (χ1n) is 7.71. The second kappa shape index (κ2) is 8.32. The topological polar surface area (TPSA) is 49.4 Å². The standard InChI is InChI=1S/C18H17F3N2O2/c1-2-10-23(18(25)12-6-4-3-5-7-12)11-15(24)22-14-9-8-13(19)16(20)17(14)21/h3-9H,2,10-11H2,1H3,(H,22,24). The Bertz CT molecular complexity index is 766. The van der Waals surface area contributed by atoms with Crippen LogP contribution in [0.25, 0.3) is 0 Å². The fourth-order valence-corrected chi connectivity index (χ4v) is 2.27. The van der Waals surface area contributed by atoms with Gasteiger partial charge in [0.15, 0.2) is 17.5 Å². The van der Waals surface area contributed by atoms with Crippen LogP contribution in [0, 0.1) is 17.5 Å². The molecule has 2 amide bonds. The summed E-state index contributed by atoms with van der Waals surface area (Å²) in [5, 5.41) is 2.16. The number of nitrogens with one attached hydrogen (secondary N) is 1. The van der Waals surface area contributed by atoms with Crippen molar-refractivity contribution in [2.24, 2.45) is 0 Å². The number of amides is 2. The fourth-order valence-electron chi connectivity index (χ4n) is 2.27. The lowest BCUT2D eigenvalue weighted by molar-refractivity contribution is -0.116. The smallest absolute Gasteiger partial charge is 0.254 e. The van der Waals surface area contributed by atoms with E-state index in [0.29, 0.717) is 24.6 Å². The zero-order chi connectivity index (χ0) is 18.4. The first-order valence-corrected chi connectivity index (χ1v) is 7.71. The minimum absolute atomic E-state index is 0.321. The lowest BCUT2D eigenvalue weighted by atomic mass is 10.2. The molecule has 0 bridgehead atoms. The molecular weight excluding hydrogens is 333 g/mol. The van der Waals surface area contributed by atoms with Gasteiger partial charge in [-0.05, 0) is 30.7 Å². The van der Waals surface area contributed by atoms with E-state index < -0.39 is 29.0 Å². The Kier molecular flexibility index (Phi) is 6.16. The van der Waals surface area contributed by atoms with Gasteiger partial charge in [-0.3, -0.25) is 9.59 Å². The summed E-state index contributed by atoms with van der Waals surface area (Å²) in [6.07, 6.45) is 0.616. The summed E-state index contributed by atoms with van der Waals surface area (Å²) in [5.74, 6) is -5.54. The van der Waals surface area contributed by atoms with Crippen LogP contribution in [-0.4, -0.2) is 29.8 Å². The fraction of sp³-hybridized carbons (Fsp3) is 0.222. The lowest BCUT2D eigenvalue weighted by Gasteiger charge is -2.21. The molecule has 0 saturated heterocycles. The summed E-state index contributed by atoms with van der Waals surface area (Å²) in [6, 6.07) is 10.1. The van der Waals surface area contributed by atoms with Crippen LogP contribution in [0.5, 0.6) is 0 Å². The van der Waals surface area contributed by atoms with Crippen molar-refractivity contribution in [1.82, 2.24) is 4.90 Å². The minimum atomic E-state index is -1.66. The number of halogens is 3. The molecule has 2 rings (SSSR count). The third-order valence-electron chi connectivity index (χ3n) is 3.45. The highest BCUT2D eigenvalue weighted by atomic mass is 19.2. The third kappa shape index (κ3) is 4.59. The monoisotopic (exact) mass is 350 g/mol. The molecule has 1 N–H and O–H groups in total. The molecule has 0 saturated carbocycles. The molecule has 2 aromatic carbocycles. The Morgan fingerprint density at radius 2 is 1.68 bits per heavy atom. The number of anilines is 1. The van der Waals surface area contributed by atoms with Crippen molar-refractivity contribution in [2.45, 2.75) is 13.3 Å². The summed E-state index contributed by atoms with van der Waals surface area (Å²) < 4.78 is 39.8. The third-order valence-corrected chi connectivity index (χ3v) is 3.45. The molecule has 0 fully saturated rings. The van der Waals surface area contributed by atoms with Gasteiger partial charge < -0.3 is 10.2 Å². The normalized spacial score (nSPS) is 10.4. The Morgan fingerprint density at radius 3 is 2.32 bits per heavy atom. The van der Waals surface area contributed by atoms with Crippen molar-refractivity contribution in [1.29, 1.82) is 0 Å². The van der Waals surface area contributed by atoms with E-state index in [1.165, 1.54) is 4.90 Å². The second-order valence-electron chi connectivity index (χ2n) is 5.36. The highest BCUT2D eigenvalue weighted by Gasteiger charge is 2.20. The zero-order valence-electron chi connectivity index (χ0n) is 13.6. The molecular formula is C18H17F3N2O2. The van der Waals surface area contributed by atoms with Crippen molar-refractivity contribution in [3.8, 4) is 0 Å². The molecule has 0 heterocycles. The molecule has 132 valence electrons. The predicted molar refractivity (Wildman–Crippen MR) is 87.6 cm³/mol. The van der Waals surface area contributed by atoms with Crippen LogP contribution in [0.1, 0.15) is 23.7 Å². The first-order chi connectivity index (χ1) is 11.9. The Morgan fingerprint density at radius 1 is 1.00 bits per heavy atom. The van der Waals surface area contributed by atoms with Gasteiger partial charge in [0.05, 0.1) is 5.69 Å². The Hall–Kier alpha value is -2.83. The van der Waals surface area contributed by atoms with Crippen molar-refractivity contribution in [3.63, 3.8) is 0 Å². The summed E-state index contributed by atoms with van der Waals surface area (Å²) in [4.78, 5) is 25.9. The van der Waals surface area contributed by atoms with Crippen molar-refractivity contribution in [3.05, 3.63) is 65.5 Å². The first kappa shape index (κ1) is 18.5. The zero-order valence-corrected chi connectivity index (χ0v) is 13.6. The highest BCUT2D eigenvalue weighted by Crippen LogP contribution is 2.19. The van der Waals surface area contributed by atoms with Gasteiger partial charge in [0, 0.05) is 12.1 Å². The molecule has 0 atom stereocenters. The molecule has 0 radical (unpaired) electrons. The van der Waals surface area contributed by atoms with Crippen molar-refractivity contribution < 1.29 is 22.8 Å². The molecule has 25 heavy (non-hydrogen) atoms. The van der Waals surface area contributed by atoms with E-state index in [2.05, 4.69) is 5.32 Å². The van der Waals surface area contributed by atoms with Crippen molar-refractivity contribution in [2.75, 3.05) is 18.4 Å². The van der Waals surface area contributed by atoms with E-state index in [9.17, 15) is 22.8 Å². The molecule has 0 aliphatic heterocycles. The lowest BCUT2D eigenvalue weighted by Crippen LogP contribution is -2.38. The van der Waals surface area contributed by atoms with Crippen LogP contribution in [-0.2, 0) is 4.79 Å². The number of benzene rings is 2. The quantitative estimate of drug-likeness (QED) is 0.810. The average molecular weight is 350 g/mol. The number of hydrogen-bond donors (Lipinski definition) is 1. The molecule has 2 aromatic rings. The van der Waals surface area contributed by atoms with Crippen LogP contribution in [0.2, 0.25) is 0 Å². The summed E-state index contributed by atoms with van der Waals surface area (Å²) in [6.45, 7) is 1.83. The maximum atomic E-state index is 13.6. The van der Waals surface area contributed by atoms with Crippen LogP contribution in [0.3, 0.4) is 0 Å². The maximum Gasteiger partial charge on any atom is 0.254 e. The van der Waals surface area contributed by atoms with E-state index in [1.54, 1.807) is 30.3 Å². The molecule has 0 aliphatic carbocycles. The van der Waals surface area contributed by atoms with Gasteiger partial charge in [0.2, 0.25) is 5.91 Å². The second-order valence-corrected chi connectivity index (χ2v) is 5.36. The summed E-state index contributed by atoms with van der Waals surface area (Å²) in [7, 11) is 0. The van der Waals surface area contributed by atoms with Crippen LogP contribution in [0.15, 0.2) is 42.5 Å². The molecule has 0 aliphatic rings. The van der Waals surface area contributed by atoms with E-state index in [4.69, 9.17) is 0 Å². The molecule has 7 heteroatoms. The average Bonchev–Trinajstić information content (AvgIpc) is 2.62. The van der Waals surface area contributed by atoms with Gasteiger partial charge in [-0.1, -0.05) is 25.1 Å². The highest BCUT2D eigenvalue weighted by molar-refractivity contribution is 5.99. The van der Waals surface area contributed by atoms with Crippen LogP contribution < -0.4 is 5.32 Å². The Balaban J connectivity index is 2.10. The molecule has 0 spiro atoms. The number of hydrogen-bond acceptors (Lipinski definition) is 2. The predicted octanol–water partition coefficient (Wildman–Crippen LogP) is 3.59. The number of nitrogens with zero attached hydrogens (tertiary/aromatic N) is 1. The van der Waals surface area contributed by atoms with Gasteiger partial charge in [-0.25, -0.2) is 13.2 Å². The van der Waals surface area contributed by atoms with Crippen LogP contribution in [0.4, 0.5) is 18.9 Å².